The normalized spacial score (nSPS) is 13.3. The third-order valence-corrected chi connectivity index (χ3v) is 13.7. The van der Waals surface area contributed by atoms with Crippen molar-refractivity contribution >= 4 is 17.6 Å². The molecular weight excluding hydrogens is 380 g/mol. The lowest BCUT2D eigenvalue weighted by molar-refractivity contribution is 0.00572. The number of hydrogen-bond donors (Lipinski definition) is 0. The largest absolute Gasteiger partial charge is 0.512 e. The molecule has 0 heterocycles. The minimum Gasteiger partial charge on any atom is -0.373 e. The fourth-order valence-electron chi connectivity index (χ4n) is 4.00. The first kappa shape index (κ1) is 27.2. The van der Waals surface area contributed by atoms with Crippen LogP contribution >= 0.6 is 0 Å². The van der Waals surface area contributed by atoms with Crippen LogP contribution in [0, 0.1) is 0 Å². The first-order valence-electron chi connectivity index (χ1n) is 10.8. The Morgan fingerprint density at radius 1 is 0.444 bits per heavy atom. The summed E-state index contributed by atoms with van der Waals surface area (Å²) in [6.45, 7) is 19.5. The highest BCUT2D eigenvalue weighted by atomic mass is 28.5. The molecule has 27 heavy (non-hydrogen) atoms. The summed E-state index contributed by atoms with van der Waals surface area (Å²) in [5.41, 5.74) is 0. The van der Waals surface area contributed by atoms with Gasteiger partial charge in [0.2, 0.25) is 0 Å². The molecule has 0 aliphatic heterocycles. The van der Waals surface area contributed by atoms with Crippen molar-refractivity contribution in [2.45, 2.75) is 85.7 Å². The molecule has 0 bridgehead atoms. The smallest absolute Gasteiger partial charge is 0.373 e. The Morgan fingerprint density at radius 2 is 0.667 bits per heavy atom. The summed E-state index contributed by atoms with van der Waals surface area (Å²) in [7, 11) is -6.36. The maximum absolute atomic E-state index is 6.42. The van der Waals surface area contributed by atoms with Gasteiger partial charge in [0.15, 0.2) is 0 Å². The van der Waals surface area contributed by atoms with Crippen molar-refractivity contribution in [3.8, 4) is 0 Å². The van der Waals surface area contributed by atoms with Crippen molar-refractivity contribution in [1.29, 1.82) is 0 Å². The molecule has 6 nitrogen and oxygen atoms in total. The van der Waals surface area contributed by atoms with Crippen LogP contribution in [0.4, 0.5) is 0 Å². The summed E-state index contributed by atoms with van der Waals surface area (Å²) in [4.78, 5) is 0. The predicted molar refractivity (Wildman–Crippen MR) is 114 cm³/mol. The van der Waals surface area contributed by atoms with Gasteiger partial charge in [0.25, 0.3) is 0 Å². The van der Waals surface area contributed by atoms with E-state index in [1.807, 2.05) is 41.5 Å². The van der Waals surface area contributed by atoms with Crippen molar-refractivity contribution in [3.05, 3.63) is 0 Å². The van der Waals surface area contributed by atoms with E-state index in [9.17, 15) is 0 Å². The van der Waals surface area contributed by atoms with E-state index in [1.165, 1.54) is 0 Å². The first-order valence-corrected chi connectivity index (χ1v) is 14.3. The molecule has 0 aromatic carbocycles. The molecule has 0 aliphatic carbocycles. The molecule has 164 valence electrons. The molecule has 8 heteroatoms. The van der Waals surface area contributed by atoms with Crippen LogP contribution in [0.25, 0.3) is 0 Å². The number of rotatable bonds is 18. The SMILES string of the molecule is CCCC(CCC)([Si](OCC)(OCC)OCC)[Si](OCC)(OCC)OCC. The molecule has 0 rings (SSSR count). The molecule has 0 atom stereocenters. The Balaban J connectivity index is 6.83. The van der Waals surface area contributed by atoms with Crippen molar-refractivity contribution in [3.63, 3.8) is 0 Å². The first-order chi connectivity index (χ1) is 13.0. The molecule has 0 aromatic heterocycles. The van der Waals surface area contributed by atoms with Crippen LogP contribution in [-0.2, 0) is 26.6 Å². The summed E-state index contributed by atoms with van der Waals surface area (Å²) in [5.74, 6) is 0. The summed E-state index contributed by atoms with van der Waals surface area (Å²) in [6, 6.07) is 0. The number of hydrogen-bond acceptors (Lipinski definition) is 6. The quantitative estimate of drug-likeness (QED) is 0.290. The van der Waals surface area contributed by atoms with Gasteiger partial charge in [-0.2, -0.15) is 0 Å². The van der Waals surface area contributed by atoms with E-state index in [-0.39, 0.29) is 0 Å². The van der Waals surface area contributed by atoms with E-state index in [2.05, 4.69) is 13.8 Å². The maximum atomic E-state index is 6.42. The predicted octanol–water partition coefficient (Wildman–Crippen LogP) is 4.96. The standard InChI is InChI=1S/C19H44O6Si2/c1-9-17-19(18-10-2,26(20-11-3,21-12-4)22-13-5)27(23-14-6,24-15-7)25-16-8/h9-18H2,1-8H3. The van der Waals surface area contributed by atoms with Crippen LogP contribution in [-0.4, -0.2) is 57.3 Å². The lowest BCUT2D eigenvalue weighted by Gasteiger charge is -2.51. The average molecular weight is 425 g/mol. The third-order valence-electron chi connectivity index (χ3n) is 4.53. The zero-order chi connectivity index (χ0) is 20.8. The Bertz CT molecular complexity index is 302. The second-order valence-electron chi connectivity index (χ2n) is 6.29. The molecular formula is C19H44O6Si2. The molecule has 0 unspecified atom stereocenters. The Morgan fingerprint density at radius 3 is 0.815 bits per heavy atom. The lowest BCUT2D eigenvalue weighted by Crippen LogP contribution is -2.71. The van der Waals surface area contributed by atoms with Gasteiger partial charge in [0, 0.05) is 39.6 Å². The molecule has 0 aromatic rings. The fraction of sp³-hybridized carbons (Fsp3) is 1.00. The lowest BCUT2D eigenvalue weighted by atomic mass is 10.1. The van der Waals surface area contributed by atoms with Crippen LogP contribution in [0.15, 0.2) is 0 Å². The van der Waals surface area contributed by atoms with E-state index in [0.717, 1.165) is 25.7 Å². The van der Waals surface area contributed by atoms with E-state index in [1.54, 1.807) is 0 Å². The summed E-state index contributed by atoms with van der Waals surface area (Å²) in [6.07, 6.45) is 3.56. The van der Waals surface area contributed by atoms with Crippen molar-refractivity contribution in [2.75, 3.05) is 39.6 Å². The molecule has 0 saturated carbocycles. The summed E-state index contributed by atoms with van der Waals surface area (Å²) >= 11 is 0. The zero-order valence-corrected chi connectivity index (χ0v) is 21.0. The van der Waals surface area contributed by atoms with Crippen molar-refractivity contribution < 1.29 is 26.6 Å². The van der Waals surface area contributed by atoms with E-state index in [0.29, 0.717) is 39.6 Å². The van der Waals surface area contributed by atoms with Crippen LogP contribution in [0.3, 0.4) is 0 Å². The Labute approximate surface area is 169 Å². The molecule has 0 radical (unpaired) electrons. The van der Waals surface area contributed by atoms with Crippen LogP contribution in [0.1, 0.15) is 81.1 Å². The monoisotopic (exact) mass is 424 g/mol. The van der Waals surface area contributed by atoms with Gasteiger partial charge >= 0.3 is 17.6 Å². The fourth-order valence-corrected chi connectivity index (χ4v) is 13.5. The van der Waals surface area contributed by atoms with E-state index in [4.69, 9.17) is 26.6 Å². The highest BCUT2D eigenvalue weighted by Gasteiger charge is 2.75. The average Bonchev–Trinajstić information content (AvgIpc) is 2.62. The van der Waals surface area contributed by atoms with Gasteiger partial charge in [0.1, 0.15) is 4.66 Å². The van der Waals surface area contributed by atoms with Crippen LogP contribution in [0.5, 0.6) is 0 Å². The third kappa shape index (κ3) is 6.09. The minimum atomic E-state index is -3.18. The highest BCUT2D eigenvalue weighted by Crippen LogP contribution is 2.56. The van der Waals surface area contributed by atoms with E-state index < -0.39 is 22.3 Å². The molecule has 0 spiro atoms. The van der Waals surface area contributed by atoms with Gasteiger partial charge in [0.05, 0.1) is 0 Å². The minimum absolute atomic E-state index is 0.520. The van der Waals surface area contributed by atoms with Gasteiger partial charge in [-0.05, 0) is 54.4 Å². The second-order valence-corrected chi connectivity index (χ2v) is 12.7. The Hall–Kier alpha value is 0.194. The van der Waals surface area contributed by atoms with Gasteiger partial charge < -0.3 is 26.6 Å². The van der Waals surface area contributed by atoms with Gasteiger partial charge in [-0.15, -0.1) is 0 Å². The maximum Gasteiger partial charge on any atom is 0.512 e. The van der Waals surface area contributed by atoms with Crippen molar-refractivity contribution in [1.82, 2.24) is 0 Å². The zero-order valence-electron chi connectivity index (χ0n) is 19.0. The van der Waals surface area contributed by atoms with Gasteiger partial charge in [-0.1, -0.05) is 26.7 Å². The van der Waals surface area contributed by atoms with Crippen LogP contribution < -0.4 is 0 Å². The van der Waals surface area contributed by atoms with E-state index >= 15 is 0 Å². The molecule has 0 N–H and O–H groups in total. The highest BCUT2D eigenvalue weighted by molar-refractivity contribution is 6.85. The van der Waals surface area contributed by atoms with Crippen molar-refractivity contribution in [2.24, 2.45) is 0 Å². The van der Waals surface area contributed by atoms with Gasteiger partial charge in [-0.25, -0.2) is 0 Å². The molecule has 0 saturated heterocycles. The second kappa shape index (κ2) is 14.2. The van der Waals surface area contributed by atoms with Gasteiger partial charge in [-0.3, -0.25) is 0 Å². The molecule has 0 amide bonds. The molecule has 0 fully saturated rings. The molecule has 0 aliphatic rings. The summed E-state index contributed by atoms with van der Waals surface area (Å²) < 4.78 is 38.0. The van der Waals surface area contributed by atoms with Crippen LogP contribution in [0.2, 0.25) is 4.66 Å². The summed E-state index contributed by atoms with van der Waals surface area (Å²) in [5, 5.41) is 0. The Kier molecular flexibility index (Phi) is 14.3. The topological polar surface area (TPSA) is 55.4 Å².